The highest BCUT2D eigenvalue weighted by atomic mass is 24.3. The average Bonchev–Trinajstić information content (AvgIpc) is 1.61. The zero-order valence-corrected chi connectivity index (χ0v) is 3.85. The number of rotatable bonds is 3. The number of unbranched alkanes of at least 4 members (excludes halogenated alkanes) is 1. The Kier molecular flexibility index (Phi) is 14.5. The fraction of sp³-hybridized carbons (Fsp3) is 0.600. The van der Waals surface area contributed by atoms with Crippen LogP contribution in [0.1, 0.15) is 12.8 Å². The summed E-state index contributed by atoms with van der Waals surface area (Å²) in [5.41, 5.74) is 0. The van der Waals surface area contributed by atoms with Gasteiger partial charge >= 0.3 is 23.1 Å². The Labute approximate surface area is 60.6 Å². The predicted molar refractivity (Wildman–Crippen MR) is 35.1 cm³/mol. The van der Waals surface area contributed by atoms with Gasteiger partial charge < -0.3 is 5.11 Å². The number of hydrogen-bond acceptors (Lipinski definition) is 1. The molecule has 0 unspecified atom stereocenters. The largest absolute Gasteiger partial charge is 0.396 e. The van der Waals surface area contributed by atoms with Crippen molar-refractivity contribution in [1.29, 1.82) is 0 Å². The van der Waals surface area contributed by atoms with E-state index in [1.807, 2.05) is 0 Å². The normalized spacial score (nSPS) is 7.00. The Hall–Kier alpha value is 0.466. The topological polar surface area (TPSA) is 20.2 Å². The lowest BCUT2D eigenvalue weighted by Crippen LogP contribution is -1.76. The summed E-state index contributed by atoms with van der Waals surface area (Å²) in [7, 11) is 0. The molecule has 0 amide bonds. The molecule has 0 aromatic rings. The van der Waals surface area contributed by atoms with Crippen LogP contribution in [0.4, 0.5) is 0 Å². The van der Waals surface area contributed by atoms with Crippen molar-refractivity contribution in [3.05, 3.63) is 12.7 Å². The summed E-state index contributed by atoms with van der Waals surface area (Å²) >= 11 is 0. The first-order valence-electron chi connectivity index (χ1n) is 2.13. The highest BCUT2D eigenvalue weighted by molar-refractivity contribution is 5.75. The van der Waals surface area contributed by atoms with E-state index in [1.165, 1.54) is 0 Å². The maximum atomic E-state index is 8.15. The molecule has 0 saturated carbocycles. The summed E-state index contributed by atoms with van der Waals surface area (Å²) in [6.45, 7) is 3.77. The molecule has 1 N–H and O–H groups in total. The molecule has 0 radical (unpaired) electrons. The van der Waals surface area contributed by atoms with Crippen LogP contribution in [0, 0.1) is 0 Å². The lowest BCUT2D eigenvalue weighted by molar-refractivity contribution is 0.289. The SMILES string of the molecule is C=CCCCO.[MgH2]. The molecular weight excluding hydrogens is 100 g/mol. The monoisotopic (exact) mass is 112 g/mol. The van der Waals surface area contributed by atoms with Crippen molar-refractivity contribution < 1.29 is 5.11 Å². The molecule has 0 aliphatic heterocycles. The first-order valence-corrected chi connectivity index (χ1v) is 2.13. The molecule has 0 aromatic carbocycles. The van der Waals surface area contributed by atoms with E-state index in [-0.39, 0.29) is 29.7 Å². The van der Waals surface area contributed by atoms with Crippen LogP contribution in [-0.4, -0.2) is 34.8 Å². The van der Waals surface area contributed by atoms with Gasteiger partial charge in [0.1, 0.15) is 0 Å². The van der Waals surface area contributed by atoms with Gasteiger partial charge in [-0.3, -0.25) is 0 Å². The van der Waals surface area contributed by atoms with Crippen molar-refractivity contribution in [2.45, 2.75) is 12.8 Å². The van der Waals surface area contributed by atoms with E-state index < -0.39 is 0 Å². The van der Waals surface area contributed by atoms with Crippen molar-refractivity contribution in [2.24, 2.45) is 0 Å². The molecule has 2 heteroatoms. The van der Waals surface area contributed by atoms with E-state index in [1.54, 1.807) is 6.08 Å². The van der Waals surface area contributed by atoms with Gasteiger partial charge in [0.05, 0.1) is 0 Å². The summed E-state index contributed by atoms with van der Waals surface area (Å²) in [6, 6.07) is 0. The van der Waals surface area contributed by atoms with Crippen LogP contribution in [0.3, 0.4) is 0 Å². The van der Waals surface area contributed by atoms with Crippen molar-refractivity contribution in [2.75, 3.05) is 6.61 Å². The first kappa shape index (κ1) is 10.4. The minimum atomic E-state index is 0. The second-order valence-electron chi connectivity index (χ2n) is 1.15. The highest BCUT2D eigenvalue weighted by Crippen LogP contribution is 1.83. The van der Waals surface area contributed by atoms with Gasteiger partial charge in [0.25, 0.3) is 0 Å². The second-order valence-corrected chi connectivity index (χ2v) is 1.15. The number of hydrogen-bond donors (Lipinski definition) is 1. The van der Waals surface area contributed by atoms with Gasteiger partial charge in [0.2, 0.25) is 0 Å². The molecule has 0 spiro atoms. The average molecular weight is 112 g/mol. The summed E-state index contributed by atoms with van der Waals surface area (Å²) in [6.07, 6.45) is 3.58. The molecule has 0 saturated heterocycles. The quantitative estimate of drug-likeness (QED) is 0.310. The lowest BCUT2D eigenvalue weighted by atomic mass is 10.3. The Morgan fingerprint density at radius 1 is 1.57 bits per heavy atom. The van der Waals surface area contributed by atoms with E-state index in [0.29, 0.717) is 0 Å². The molecule has 0 atom stereocenters. The van der Waals surface area contributed by atoms with E-state index in [9.17, 15) is 0 Å². The summed E-state index contributed by atoms with van der Waals surface area (Å²) in [5.74, 6) is 0. The molecule has 1 nitrogen and oxygen atoms in total. The maximum absolute atomic E-state index is 8.15. The van der Waals surface area contributed by atoms with Gasteiger partial charge in [0.15, 0.2) is 0 Å². The zero-order chi connectivity index (χ0) is 4.83. The molecule has 0 aliphatic carbocycles. The van der Waals surface area contributed by atoms with Gasteiger partial charge in [-0.15, -0.1) is 6.58 Å². The molecule has 0 fully saturated rings. The number of aliphatic hydroxyl groups is 1. The van der Waals surface area contributed by atoms with E-state index >= 15 is 0 Å². The van der Waals surface area contributed by atoms with Crippen LogP contribution in [0.5, 0.6) is 0 Å². The number of allylic oxidation sites excluding steroid dienone is 1. The third-order valence-corrected chi connectivity index (χ3v) is 0.566. The molecule has 7 heavy (non-hydrogen) atoms. The van der Waals surface area contributed by atoms with Gasteiger partial charge in [-0.1, -0.05) is 6.08 Å². The summed E-state index contributed by atoms with van der Waals surface area (Å²) in [4.78, 5) is 0. The Balaban J connectivity index is 0. The molecule has 0 aliphatic rings. The molecule has 0 aromatic heterocycles. The van der Waals surface area contributed by atoms with Gasteiger partial charge in [-0.2, -0.15) is 0 Å². The maximum Gasteiger partial charge on any atom is 0.316 e. The van der Waals surface area contributed by atoms with Crippen molar-refractivity contribution in [3.8, 4) is 0 Å². The lowest BCUT2D eigenvalue weighted by Gasteiger charge is -1.81. The molecule has 40 valence electrons. The molecule has 0 rings (SSSR count). The van der Waals surface area contributed by atoms with Gasteiger partial charge in [-0.25, -0.2) is 0 Å². The minimum absolute atomic E-state index is 0. The van der Waals surface area contributed by atoms with Crippen LogP contribution in [-0.2, 0) is 0 Å². The zero-order valence-electron chi connectivity index (χ0n) is 3.85. The highest BCUT2D eigenvalue weighted by Gasteiger charge is 1.72. The Morgan fingerprint density at radius 3 is 2.29 bits per heavy atom. The van der Waals surface area contributed by atoms with E-state index in [0.717, 1.165) is 12.8 Å². The summed E-state index contributed by atoms with van der Waals surface area (Å²) in [5, 5.41) is 8.15. The Bertz CT molecular complexity index is 37.1. The molecular formula is C5H12MgO. The smallest absolute Gasteiger partial charge is 0.316 e. The number of aliphatic hydroxyl groups excluding tert-OH is 1. The van der Waals surface area contributed by atoms with Crippen LogP contribution < -0.4 is 0 Å². The standard InChI is InChI=1S/C5H10O.Mg.2H/c1-2-3-4-5-6;;;/h2,6H,1,3-5H2;;;. The van der Waals surface area contributed by atoms with E-state index in [2.05, 4.69) is 6.58 Å². The van der Waals surface area contributed by atoms with Crippen LogP contribution in [0.25, 0.3) is 0 Å². The molecule has 0 heterocycles. The third kappa shape index (κ3) is 10.7. The van der Waals surface area contributed by atoms with Gasteiger partial charge in [-0.05, 0) is 12.8 Å². The van der Waals surface area contributed by atoms with Crippen molar-refractivity contribution in [1.82, 2.24) is 0 Å². The first-order chi connectivity index (χ1) is 2.91. The fourth-order valence-corrected chi connectivity index (χ4v) is 0.236. The fourth-order valence-electron chi connectivity index (χ4n) is 0.236. The van der Waals surface area contributed by atoms with Gasteiger partial charge in [0, 0.05) is 6.61 Å². The van der Waals surface area contributed by atoms with E-state index in [4.69, 9.17) is 5.11 Å². The second kappa shape index (κ2) is 9.69. The van der Waals surface area contributed by atoms with Crippen LogP contribution in [0.15, 0.2) is 12.7 Å². The minimum Gasteiger partial charge on any atom is -0.396 e. The predicted octanol–water partition coefficient (Wildman–Crippen LogP) is 0.0287. The van der Waals surface area contributed by atoms with Crippen LogP contribution >= 0.6 is 0 Å². The van der Waals surface area contributed by atoms with Crippen LogP contribution in [0.2, 0.25) is 0 Å². The Morgan fingerprint density at radius 2 is 2.14 bits per heavy atom. The van der Waals surface area contributed by atoms with Crippen molar-refractivity contribution >= 4 is 23.1 Å². The third-order valence-electron chi connectivity index (χ3n) is 0.566. The van der Waals surface area contributed by atoms with Crippen molar-refractivity contribution in [3.63, 3.8) is 0 Å². The summed E-state index contributed by atoms with van der Waals surface area (Å²) < 4.78 is 0. The molecule has 0 bridgehead atoms.